The lowest BCUT2D eigenvalue weighted by molar-refractivity contribution is 0.0560. The van der Waals surface area contributed by atoms with Crippen molar-refractivity contribution >= 4 is 40.5 Å². The van der Waals surface area contributed by atoms with Crippen LogP contribution in [0.5, 0.6) is 0 Å². The Balaban J connectivity index is 1.34. The Kier molecular flexibility index (Phi) is 9.79. The molecule has 10 nitrogen and oxygen atoms in total. The number of nitrogens with zero attached hydrogens (tertiary/aromatic N) is 2. The van der Waals surface area contributed by atoms with E-state index in [-0.39, 0.29) is 35.2 Å². The molecule has 0 saturated heterocycles. The Labute approximate surface area is 272 Å². The Hall–Kier alpha value is -3.19. The maximum Gasteiger partial charge on any atom is 0.407 e. The van der Waals surface area contributed by atoms with Gasteiger partial charge in [0.15, 0.2) is 4.90 Å². The zero-order valence-electron chi connectivity index (χ0n) is 26.9. The average Bonchev–Trinajstić information content (AvgIpc) is 3.48. The van der Waals surface area contributed by atoms with Gasteiger partial charge in [-0.25, -0.2) is 14.6 Å². The van der Waals surface area contributed by atoms with Gasteiger partial charge in [-0.15, -0.1) is 16.1 Å². The molecule has 12 heteroatoms. The third-order valence-corrected chi connectivity index (χ3v) is 11.3. The summed E-state index contributed by atoms with van der Waals surface area (Å²) in [4.78, 5) is 36.0. The van der Waals surface area contributed by atoms with Gasteiger partial charge in [0.2, 0.25) is 0 Å². The van der Waals surface area contributed by atoms with Crippen molar-refractivity contribution in [3.8, 4) is 10.4 Å². The minimum absolute atomic E-state index is 0.0266. The van der Waals surface area contributed by atoms with Crippen LogP contribution in [0, 0.1) is 0 Å². The van der Waals surface area contributed by atoms with Gasteiger partial charge < -0.3 is 25.2 Å². The highest BCUT2D eigenvalue weighted by Gasteiger charge is 2.51. The first-order valence-electron chi connectivity index (χ1n) is 15.5. The standard InChI is InChI=1S/C33H44N6O4S2/c1-21(2)43-30(41)38-33-15-12-32(13-16-33,14-17-33)28-35-20-26(44-28)24-11-10-23(19-27(24)45(42)39-31(4,5)6)37-29(40)36-22(3)25-9-7-8-18-34-25/h7-11,18-22,39H,12-17H2,1-6H3,(H,38,41)(H2,36,37,40). The third-order valence-electron chi connectivity index (χ3n) is 8.50. The molecule has 3 aliphatic rings. The van der Waals surface area contributed by atoms with Crippen LogP contribution in [0.1, 0.15) is 96.8 Å². The number of aromatic nitrogens is 2. The van der Waals surface area contributed by atoms with Crippen molar-refractivity contribution in [1.29, 1.82) is 0 Å². The van der Waals surface area contributed by atoms with E-state index in [9.17, 15) is 14.1 Å². The summed E-state index contributed by atoms with van der Waals surface area (Å²) >= 11 is 0.0940. The van der Waals surface area contributed by atoms with Gasteiger partial charge in [0, 0.05) is 35.1 Å². The number of anilines is 1. The molecular weight excluding hydrogens is 609 g/mol. The molecule has 3 amide bonds. The molecular formula is C33H44N6O4S2. The minimum Gasteiger partial charge on any atom is -0.593 e. The van der Waals surface area contributed by atoms with Crippen LogP contribution in [0.15, 0.2) is 53.7 Å². The molecule has 3 aromatic rings. The second-order valence-corrected chi connectivity index (χ2v) is 15.8. The summed E-state index contributed by atoms with van der Waals surface area (Å²) in [5, 5.41) is 10.1. The summed E-state index contributed by atoms with van der Waals surface area (Å²) in [6.07, 6.45) is 8.59. The van der Waals surface area contributed by atoms with Crippen LogP contribution in [-0.2, 0) is 21.5 Å². The molecule has 6 rings (SSSR count). The molecule has 2 bridgehead atoms. The van der Waals surface area contributed by atoms with Crippen LogP contribution in [-0.4, -0.2) is 43.8 Å². The third kappa shape index (κ3) is 7.97. The van der Waals surface area contributed by atoms with Crippen LogP contribution in [0.2, 0.25) is 0 Å². The number of carbonyl (C=O) groups is 2. The van der Waals surface area contributed by atoms with Crippen molar-refractivity contribution in [2.75, 3.05) is 5.32 Å². The number of fused-ring (bicyclic) bond motifs is 3. The van der Waals surface area contributed by atoms with E-state index in [4.69, 9.17) is 9.72 Å². The van der Waals surface area contributed by atoms with Gasteiger partial charge in [-0.3, -0.25) is 4.98 Å². The van der Waals surface area contributed by atoms with Crippen molar-refractivity contribution in [1.82, 2.24) is 25.3 Å². The van der Waals surface area contributed by atoms with Crippen LogP contribution in [0.4, 0.5) is 15.3 Å². The lowest BCUT2D eigenvalue weighted by Crippen LogP contribution is -2.58. The fraction of sp³-hybridized carbons (Fsp3) is 0.515. The van der Waals surface area contributed by atoms with Gasteiger partial charge in [-0.1, -0.05) is 6.07 Å². The number of urea groups is 1. The first-order valence-corrected chi connectivity index (χ1v) is 17.5. The molecule has 2 aromatic heterocycles. The molecule has 242 valence electrons. The van der Waals surface area contributed by atoms with Gasteiger partial charge >= 0.3 is 12.1 Å². The molecule has 3 fully saturated rings. The number of hydrogen-bond acceptors (Lipinski definition) is 8. The Bertz CT molecular complexity index is 1480. The molecule has 1 aromatic carbocycles. The molecule has 0 spiro atoms. The van der Waals surface area contributed by atoms with Crippen molar-refractivity contribution < 1.29 is 18.9 Å². The van der Waals surface area contributed by atoms with E-state index in [1.54, 1.807) is 23.6 Å². The lowest BCUT2D eigenvalue weighted by Gasteiger charge is -2.52. The topological polar surface area (TPSA) is 140 Å². The predicted molar refractivity (Wildman–Crippen MR) is 179 cm³/mol. The highest BCUT2D eigenvalue weighted by molar-refractivity contribution is 7.89. The quantitative estimate of drug-likeness (QED) is 0.183. The van der Waals surface area contributed by atoms with E-state index in [1.807, 2.05) is 78.1 Å². The number of carbonyl (C=O) groups excluding carboxylic acids is 2. The Morgan fingerprint density at radius 1 is 1.02 bits per heavy atom. The van der Waals surface area contributed by atoms with Gasteiger partial charge in [-0.05, 0) is 104 Å². The zero-order valence-corrected chi connectivity index (χ0v) is 28.5. The number of benzene rings is 1. The van der Waals surface area contributed by atoms with Crippen LogP contribution < -0.4 is 20.7 Å². The van der Waals surface area contributed by atoms with Gasteiger partial charge in [0.05, 0.1) is 50.2 Å². The largest absolute Gasteiger partial charge is 0.593 e. The van der Waals surface area contributed by atoms with E-state index >= 15 is 0 Å². The second-order valence-electron chi connectivity index (χ2n) is 13.6. The number of thiazole rings is 1. The van der Waals surface area contributed by atoms with Crippen LogP contribution in [0.3, 0.4) is 0 Å². The van der Waals surface area contributed by atoms with E-state index in [0.29, 0.717) is 10.6 Å². The molecule has 4 N–H and O–H groups in total. The van der Waals surface area contributed by atoms with Crippen molar-refractivity contribution in [3.05, 3.63) is 59.5 Å². The second kappa shape index (κ2) is 13.3. The number of hydrogen-bond donors (Lipinski definition) is 4. The van der Waals surface area contributed by atoms with Gasteiger partial charge in [0.1, 0.15) is 0 Å². The summed E-state index contributed by atoms with van der Waals surface area (Å²) in [6, 6.07) is 10.4. The first kappa shape index (κ1) is 33.2. The van der Waals surface area contributed by atoms with Crippen molar-refractivity contribution in [3.63, 3.8) is 0 Å². The number of nitrogens with one attached hydrogen (secondary N) is 4. The first-order chi connectivity index (χ1) is 21.3. The number of pyridine rings is 1. The maximum absolute atomic E-state index is 13.7. The molecule has 3 saturated carbocycles. The molecule has 3 aliphatic carbocycles. The van der Waals surface area contributed by atoms with E-state index in [1.165, 1.54) is 0 Å². The average molecular weight is 653 g/mol. The number of ether oxygens (including phenoxy) is 1. The van der Waals surface area contributed by atoms with E-state index in [0.717, 1.165) is 59.7 Å². The van der Waals surface area contributed by atoms with Crippen LogP contribution >= 0.6 is 11.3 Å². The normalized spacial score (nSPS) is 22.5. The van der Waals surface area contributed by atoms with Gasteiger partial charge in [0.25, 0.3) is 0 Å². The SMILES string of the molecule is CC(C)OC(=O)NC12CCC(c3ncc(-c4ccc(NC(=O)NC(C)c5ccccn5)cc4[S+]([O-])NC(C)(C)C)s3)(CC1)CC2. The van der Waals surface area contributed by atoms with Crippen molar-refractivity contribution in [2.24, 2.45) is 0 Å². The lowest BCUT2D eigenvalue weighted by atomic mass is 9.57. The molecule has 0 aliphatic heterocycles. The monoisotopic (exact) mass is 652 g/mol. The number of amides is 3. The smallest absolute Gasteiger partial charge is 0.407 e. The molecule has 2 unspecified atom stereocenters. The van der Waals surface area contributed by atoms with Gasteiger partial charge in [-0.2, -0.15) is 0 Å². The number of rotatable bonds is 9. The summed E-state index contributed by atoms with van der Waals surface area (Å²) in [7, 11) is 0. The molecule has 0 radical (unpaired) electrons. The predicted octanol–water partition coefficient (Wildman–Crippen LogP) is 6.98. The fourth-order valence-electron chi connectivity index (χ4n) is 6.16. The summed E-state index contributed by atoms with van der Waals surface area (Å²) < 4.78 is 22.2. The van der Waals surface area contributed by atoms with Crippen molar-refractivity contribution in [2.45, 2.75) is 114 Å². The zero-order chi connectivity index (χ0) is 32.4. The van der Waals surface area contributed by atoms with E-state index < -0.39 is 16.9 Å². The minimum atomic E-state index is -1.55. The Morgan fingerprint density at radius 2 is 1.73 bits per heavy atom. The number of alkyl carbamates (subject to hydrolysis) is 1. The molecule has 45 heavy (non-hydrogen) atoms. The molecule has 2 heterocycles. The molecule has 2 atom stereocenters. The Morgan fingerprint density at radius 3 is 2.36 bits per heavy atom. The van der Waals surface area contributed by atoms with Crippen LogP contribution in [0.25, 0.3) is 10.4 Å². The fourth-order valence-corrected chi connectivity index (χ4v) is 8.73. The summed E-state index contributed by atoms with van der Waals surface area (Å²) in [5.74, 6) is 0. The highest BCUT2D eigenvalue weighted by Crippen LogP contribution is 2.55. The maximum atomic E-state index is 13.7. The summed E-state index contributed by atoms with van der Waals surface area (Å²) in [5.41, 5.74) is 1.47. The van der Waals surface area contributed by atoms with E-state index in [2.05, 4.69) is 25.7 Å². The highest BCUT2D eigenvalue weighted by atomic mass is 32.2. The summed E-state index contributed by atoms with van der Waals surface area (Å²) in [6.45, 7) is 11.5.